The molecule has 9 fully saturated rings. The van der Waals surface area contributed by atoms with Crippen LogP contribution in [0.4, 0.5) is 0 Å². The van der Waals surface area contributed by atoms with E-state index < -0.39 is 0 Å². The molecule has 22 nitrogen and oxygen atoms in total. The Balaban J connectivity index is -0.000000136. The largest absolute Gasteiger partial charge is 0.311 e. The summed E-state index contributed by atoms with van der Waals surface area (Å²) in [6.07, 6.45) is 50.2. The molecular weight excluding hydrogens is 1830 g/mol. The third-order valence-corrected chi connectivity index (χ3v) is 30.1. The summed E-state index contributed by atoms with van der Waals surface area (Å²) in [5.74, 6) is 10.1. The zero-order valence-electron chi connectivity index (χ0n) is 92.0. The number of hydrogen-bond donors (Lipinski definition) is 11. The predicted octanol–water partition coefficient (Wildman–Crippen LogP) is 26.7. The molecule has 2 aromatic rings. The highest BCUT2D eigenvalue weighted by atomic mass is 16.2. The minimum absolute atomic E-state index is 0. The fraction of sp³-hybridized carbons (Fsp3) is 0.816. The smallest absolute Gasteiger partial charge is 0.147 e. The van der Waals surface area contributed by atoms with Crippen molar-refractivity contribution in [2.24, 2.45) is 64.1 Å². The molecule has 147 heavy (non-hydrogen) atoms. The normalized spacial score (nSPS) is 19.4. The van der Waals surface area contributed by atoms with E-state index in [1.165, 1.54) is 209 Å². The maximum atomic E-state index is 11.9. The van der Waals surface area contributed by atoms with Gasteiger partial charge in [-0.15, -0.1) is 0 Å². The first kappa shape index (κ1) is 166. The molecule has 0 aliphatic heterocycles. The maximum absolute atomic E-state index is 11.9. The molecule has 0 heterocycles. The third-order valence-electron chi connectivity index (χ3n) is 30.1. The van der Waals surface area contributed by atoms with Crippen LogP contribution in [0, 0.1) is 64.1 Å². The van der Waals surface area contributed by atoms with Gasteiger partial charge in [0.1, 0.15) is 63.6 Å². The average Bonchev–Trinajstić information content (AvgIpc) is 1.63. The zero-order chi connectivity index (χ0) is 103. The number of ketones is 11. The van der Waals surface area contributed by atoms with E-state index in [0.29, 0.717) is 40.5 Å². The Bertz CT molecular complexity index is 3550. The summed E-state index contributed by atoms with van der Waals surface area (Å²) in [5, 5.41) is 33.7. The Morgan fingerprint density at radius 2 is 0.653 bits per heavy atom. The lowest BCUT2D eigenvalue weighted by atomic mass is 9.58. The van der Waals surface area contributed by atoms with E-state index in [1.54, 1.807) is 83.2 Å². The number of nitrogens with one attached hydrogen (secondary N) is 11. The Labute approximate surface area is 912 Å². The first-order valence-corrected chi connectivity index (χ1v) is 53.6. The second kappa shape index (κ2) is 96.2. The number of likely N-dealkylation sites (N-methyl/N-ethyl adjacent to an activating group) is 11. The number of carbonyl (C=O) groups is 11. The highest BCUT2D eigenvalue weighted by Crippen LogP contribution is 2.58. The minimum Gasteiger partial charge on any atom is -0.311 e. The topological polar surface area (TPSA) is 320 Å². The molecule has 0 saturated heterocycles. The van der Waals surface area contributed by atoms with Crippen molar-refractivity contribution < 1.29 is 52.7 Å². The molecule has 872 valence electrons. The van der Waals surface area contributed by atoms with Crippen LogP contribution in [-0.4, -0.2) is 208 Å². The van der Waals surface area contributed by atoms with Crippen molar-refractivity contribution >= 4 is 63.6 Å². The first-order valence-electron chi connectivity index (χ1n) is 53.6. The van der Waals surface area contributed by atoms with Gasteiger partial charge >= 0.3 is 0 Å². The van der Waals surface area contributed by atoms with Crippen LogP contribution in [0.3, 0.4) is 0 Å². The number of hydrogen-bond acceptors (Lipinski definition) is 22. The fourth-order valence-electron chi connectivity index (χ4n) is 22.1. The monoisotopic (exact) mass is 2080 g/mol. The molecule has 0 aromatic heterocycles. The van der Waals surface area contributed by atoms with Crippen LogP contribution in [0.2, 0.25) is 0 Å². The van der Waals surface area contributed by atoms with E-state index in [1.807, 2.05) is 95.6 Å². The molecule has 9 aliphatic rings. The van der Waals surface area contributed by atoms with Gasteiger partial charge in [0.05, 0.1) is 66.5 Å². The second-order valence-corrected chi connectivity index (χ2v) is 42.6. The molecule has 9 saturated carbocycles. The minimum atomic E-state index is -0.0948. The van der Waals surface area contributed by atoms with Gasteiger partial charge in [-0.2, -0.15) is 0 Å². The quantitative estimate of drug-likeness (QED) is 0.0294. The van der Waals surface area contributed by atoms with Gasteiger partial charge in [-0.3, -0.25) is 52.7 Å². The van der Waals surface area contributed by atoms with Gasteiger partial charge in [-0.1, -0.05) is 313 Å². The summed E-state index contributed by atoms with van der Waals surface area (Å²) < 4.78 is 0. The highest BCUT2D eigenvalue weighted by Gasteiger charge is 2.52. The average molecular weight is 2080 g/mol. The van der Waals surface area contributed by atoms with Crippen molar-refractivity contribution in [3.8, 4) is 11.1 Å². The van der Waals surface area contributed by atoms with Gasteiger partial charge in [0.2, 0.25) is 0 Å². The van der Waals surface area contributed by atoms with Crippen LogP contribution in [-0.2, 0) is 59.2 Å². The number of benzene rings is 2. The van der Waals surface area contributed by atoms with Crippen molar-refractivity contribution in [3.63, 3.8) is 0 Å². The highest BCUT2D eigenvalue weighted by molar-refractivity contribution is 5.86. The maximum Gasteiger partial charge on any atom is 0.147 e. The molecular formula is C125H251N11O11. The van der Waals surface area contributed by atoms with E-state index in [4.69, 9.17) is 0 Å². The van der Waals surface area contributed by atoms with Gasteiger partial charge < -0.3 is 58.5 Å². The van der Waals surface area contributed by atoms with Gasteiger partial charge in [0.15, 0.2) is 0 Å². The predicted molar refractivity (Wildman–Crippen MR) is 644 cm³/mol. The molecule has 22 heteroatoms. The van der Waals surface area contributed by atoms with Crippen LogP contribution in [0.5, 0.6) is 0 Å². The van der Waals surface area contributed by atoms with Crippen molar-refractivity contribution in [1.82, 2.24) is 58.5 Å². The van der Waals surface area contributed by atoms with Crippen LogP contribution in [0.15, 0.2) is 54.6 Å². The molecule has 4 bridgehead atoms. The number of unbranched alkanes of at least 4 members (excludes halogenated alkanes) is 1. The fourth-order valence-corrected chi connectivity index (χ4v) is 22.1. The molecule has 11 N–H and O–H groups in total. The van der Waals surface area contributed by atoms with Crippen LogP contribution in [0.25, 0.3) is 11.1 Å². The molecule has 11 rings (SSSR count). The van der Waals surface area contributed by atoms with Crippen molar-refractivity contribution in [3.05, 3.63) is 60.2 Å². The molecule has 2 unspecified atom stereocenters. The van der Waals surface area contributed by atoms with Gasteiger partial charge in [0, 0.05) is 0 Å². The summed E-state index contributed by atoms with van der Waals surface area (Å²) in [4.78, 5) is 122. The van der Waals surface area contributed by atoms with Crippen molar-refractivity contribution in [2.75, 3.05) is 77.5 Å². The SMILES string of the molecule is C.C.C.C.C.C.C.C.C.C.C.CCCC[C@H](NC)C(C)=O.CC[C@H](NC)C(C)=O.CN[C@@H](CC1CCC1)C(C)=O.CN[C@@H](CC1CCCCC1)C(C)=O.CN[C@@H](CCC(C)C)C(C)=O.CN[C@@H](CCC1CCCCC1)C(C)=O.CN[C@@H](Cc1ccc(-c2ccccc2)cc1)C(C)=O.CN[C@H](C(C)=O)C(C)(C)C.CN[C@H](C(C)=O)C12CCC3CC(CC(C3)C1)C2.CN[C@H](C(C)=O)C1CCCC1.CN[C@H](C(C)=O)C1CCCCC1. The molecule has 0 amide bonds. The summed E-state index contributed by atoms with van der Waals surface area (Å²) in [6, 6.07) is 19.5. The van der Waals surface area contributed by atoms with Crippen LogP contribution >= 0.6 is 0 Å². The lowest BCUT2D eigenvalue weighted by molar-refractivity contribution is -0.124. The van der Waals surface area contributed by atoms with Crippen LogP contribution < -0.4 is 58.5 Å². The molecule has 2 aromatic carbocycles. The van der Waals surface area contributed by atoms with Gasteiger partial charge in [0.25, 0.3) is 0 Å². The van der Waals surface area contributed by atoms with Crippen LogP contribution in [0.1, 0.15) is 462 Å². The molecule has 0 spiro atoms. The van der Waals surface area contributed by atoms with E-state index in [-0.39, 0.29) is 200 Å². The Morgan fingerprint density at radius 1 is 0.320 bits per heavy atom. The first-order chi connectivity index (χ1) is 64.4. The molecule has 13 atom stereocenters. The second-order valence-electron chi connectivity index (χ2n) is 42.6. The summed E-state index contributed by atoms with van der Waals surface area (Å²) >= 11 is 0. The van der Waals surface area contributed by atoms with E-state index in [9.17, 15) is 52.7 Å². The van der Waals surface area contributed by atoms with E-state index >= 15 is 0 Å². The Morgan fingerprint density at radius 3 is 0.932 bits per heavy atom. The number of carbonyl (C=O) groups excluding carboxylic acids is 11. The lowest BCUT2D eigenvalue weighted by Crippen LogP contribution is -2.51. The summed E-state index contributed by atoms with van der Waals surface area (Å²) in [7, 11) is 20.5. The number of fused-ring (bicyclic) bond motifs is 1. The number of rotatable bonds is 42. The van der Waals surface area contributed by atoms with Crippen molar-refractivity contribution in [1.29, 1.82) is 0 Å². The number of Topliss-reactive ketones (excluding diaryl/α,β-unsaturated/α-hetero) is 11. The van der Waals surface area contributed by atoms with E-state index in [0.717, 1.165) is 99.7 Å². The summed E-state index contributed by atoms with van der Waals surface area (Å²) in [5.41, 5.74) is 3.92. The Hall–Kier alpha value is -5.63. The molecule has 9 aliphatic carbocycles. The third kappa shape index (κ3) is 70.4. The summed E-state index contributed by atoms with van der Waals surface area (Å²) in [6.45, 7) is 32.9. The standard InChI is InChI=1S/C17H19NO.C15H25NO.C12H23NO.C11H21NO.C10H19NO.2C9H17NO.C9H19NO.2C8H17NO.C6H13NO.11CH4/c1-13(19)17(18-2)12-14-8-10-16(11-9-14)15-6-4-3-5-7-15;1-10(17)14(16-2)15-4-3-11-5-12(8-15)7-13(6-11)9-15;1-10(14)12(13-2)9-8-11-6-4-3-5-7-11;1-9(13)11(12-2)8-10-6-4-3-5-7-10;1-8(12)10(11-2)9-6-4-3-5-7-9;1-7(11)9(10-2)6-8-4-3-5-8;1-7(11)9(10-2)8-5-3-4-6-8;1-7(2)5-6-9(10-4)8(3)11;1-6(10)7(9-5)8(2,3)4;1-4-5-6-8(9-3)7(2)10;1-4-6(7-3)5(2)8;;;;;;;;;;;/h3-11,17-18H,12H2,1-2H3;11-14,16H,3-9H2,1-2H3;11-13H,3-9H2,1-2H3;10-12H,3-8H2,1-2H3;9-11H,3-7H2,1-2H3;2*8-10H,3-6H2,1-2H3;7,9-10H,5-6H2,1-4H3;7,9H,1-5H3;8-9H,4-6H2,1-3H3;6-7H,4H2,1-3H3;11*1H4/t17-;11?,12?,13?,14-,15?;12-;11-;10-;3*9-;7-;8-;6-;;;;;;;;;;;/m01001010100.........../s1. The Kier molecular flexibility index (Phi) is 109. The van der Waals surface area contributed by atoms with Crippen molar-refractivity contribution in [2.45, 2.75) is 530 Å². The van der Waals surface area contributed by atoms with E-state index in [2.05, 4.69) is 136 Å². The lowest BCUT2D eigenvalue weighted by Gasteiger charge is -2.48. The molecule has 0 radical (unpaired) electrons. The van der Waals surface area contributed by atoms with Gasteiger partial charge in [-0.25, -0.2) is 0 Å². The van der Waals surface area contributed by atoms with Gasteiger partial charge in [-0.05, 0) is 363 Å². The zero-order valence-corrected chi connectivity index (χ0v) is 92.0.